The van der Waals surface area contributed by atoms with Crippen molar-refractivity contribution in [2.45, 2.75) is 33.7 Å². The van der Waals surface area contributed by atoms with Crippen LogP contribution in [-0.2, 0) is 6.54 Å². The van der Waals surface area contributed by atoms with Gasteiger partial charge in [-0.15, -0.1) is 0 Å². The van der Waals surface area contributed by atoms with Crippen molar-refractivity contribution in [3.8, 4) is 5.75 Å². The van der Waals surface area contributed by atoms with Crippen LogP contribution < -0.4 is 5.32 Å². The topological polar surface area (TPSA) is 32.3 Å². The van der Waals surface area contributed by atoms with Crippen LogP contribution in [0.25, 0.3) is 0 Å². The molecular weight excluding hydrogens is 174 g/mol. The van der Waals surface area contributed by atoms with Crippen molar-refractivity contribution >= 4 is 0 Å². The lowest BCUT2D eigenvalue weighted by atomic mass is 10.2. The van der Waals surface area contributed by atoms with Gasteiger partial charge in [-0.1, -0.05) is 32.9 Å². The number of benzene rings is 1. The average molecular weight is 195 g/mol. The summed E-state index contributed by atoms with van der Waals surface area (Å²) in [5.74, 6) is 0.339. The molecule has 0 atom stereocenters. The standard InChI is InChI=1S/C10H15NO.C2H6/c1-2-6-11-8-9-4-3-5-10(12)7-9;1-2/h3-5,7,11-12H,2,6,8H2,1H3;1-2H3. The van der Waals surface area contributed by atoms with Crippen LogP contribution in [-0.4, -0.2) is 11.7 Å². The van der Waals surface area contributed by atoms with Gasteiger partial charge in [0, 0.05) is 6.54 Å². The molecular formula is C12H21NO. The van der Waals surface area contributed by atoms with E-state index in [-0.39, 0.29) is 0 Å². The van der Waals surface area contributed by atoms with Crippen molar-refractivity contribution in [1.29, 1.82) is 0 Å². The van der Waals surface area contributed by atoms with Crippen molar-refractivity contribution in [3.63, 3.8) is 0 Å². The minimum absolute atomic E-state index is 0.339. The van der Waals surface area contributed by atoms with E-state index in [0.717, 1.165) is 25.1 Å². The lowest BCUT2D eigenvalue weighted by molar-refractivity contribution is 0.474. The number of hydrogen-bond acceptors (Lipinski definition) is 2. The lowest BCUT2D eigenvalue weighted by Crippen LogP contribution is -2.13. The quantitative estimate of drug-likeness (QED) is 0.724. The van der Waals surface area contributed by atoms with E-state index in [1.807, 2.05) is 26.0 Å². The number of aromatic hydroxyl groups is 1. The zero-order valence-electron chi connectivity index (χ0n) is 9.38. The van der Waals surface area contributed by atoms with E-state index in [2.05, 4.69) is 12.2 Å². The third-order valence-corrected chi connectivity index (χ3v) is 1.67. The van der Waals surface area contributed by atoms with Crippen molar-refractivity contribution in [2.24, 2.45) is 0 Å². The van der Waals surface area contributed by atoms with E-state index in [1.54, 1.807) is 12.1 Å². The highest BCUT2D eigenvalue weighted by atomic mass is 16.3. The molecule has 0 aliphatic carbocycles. The van der Waals surface area contributed by atoms with Gasteiger partial charge in [0.1, 0.15) is 5.75 Å². The Labute approximate surface area is 87.0 Å². The number of phenols is 1. The summed E-state index contributed by atoms with van der Waals surface area (Å²) in [4.78, 5) is 0. The maximum Gasteiger partial charge on any atom is 0.115 e. The van der Waals surface area contributed by atoms with Crippen LogP contribution in [0.15, 0.2) is 24.3 Å². The molecule has 1 rings (SSSR count). The van der Waals surface area contributed by atoms with Crippen LogP contribution >= 0.6 is 0 Å². The van der Waals surface area contributed by atoms with Gasteiger partial charge in [0.15, 0.2) is 0 Å². The number of rotatable bonds is 4. The van der Waals surface area contributed by atoms with Gasteiger partial charge in [0.05, 0.1) is 0 Å². The highest BCUT2D eigenvalue weighted by Crippen LogP contribution is 2.10. The largest absolute Gasteiger partial charge is 0.508 e. The summed E-state index contributed by atoms with van der Waals surface area (Å²) < 4.78 is 0. The lowest BCUT2D eigenvalue weighted by Gasteiger charge is -2.02. The van der Waals surface area contributed by atoms with Gasteiger partial charge in [-0.05, 0) is 30.7 Å². The molecule has 0 saturated heterocycles. The Morgan fingerprint density at radius 3 is 2.57 bits per heavy atom. The summed E-state index contributed by atoms with van der Waals surface area (Å²) in [7, 11) is 0. The molecule has 0 spiro atoms. The first-order valence-electron chi connectivity index (χ1n) is 5.31. The highest BCUT2D eigenvalue weighted by Gasteiger charge is 1.92. The average Bonchev–Trinajstić information content (AvgIpc) is 2.21. The van der Waals surface area contributed by atoms with Gasteiger partial charge in [0.2, 0.25) is 0 Å². The van der Waals surface area contributed by atoms with Gasteiger partial charge in [-0.2, -0.15) is 0 Å². The molecule has 0 aliphatic rings. The minimum Gasteiger partial charge on any atom is -0.508 e. The van der Waals surface area contributed by atoms with Crippen LogP contribution in [0.3, 0.4) is 0 Å². The summed E-state index contributed by atoms with van der Waals surface area (Å²) >= 11 is 0. The minimum atomic E-state index is 0.339. The fourth-order valence-corrected chi connectivity index (χ4v) is 1.08. The van der Waals surface area contributed by atoms with Crippen molar-refractivity contribution in [1.82, 2.24) is 5.32 Å². The molecule has 2 N–H and O–H groups in total. The maximum absolute atomic E-state index is 9.14. The highest BCUT2D eigenvalue weighted by molar-refractivity contribution is 5.26. The molecule has 14 heavy (non-hydrogen) atoms. The molecule has 0 saturated carbocycles. The molecule has 1 aromatic carbocycles. The first-order valence-corrected chi connectivity index (χ1v) is 5.31. The zero-order valence-corrected chi connectivity index (χ0v) is 9.38. The van der Waals surface area contributed by atoms with E-state index >= 15 is 0 Å². The summed E-state index contributed by atoms with van der Waals surface area (Å²) in [5.41, 5.74) is 1.13. The second-order valence-corrected chi connectivity index (χ2v) is 2.85. The molecule has 2 heteroatoms. The fourth-order valence-electron chi connectivity index (χ4n) is 1.08. The van der Waals surface area contributed by atoms with Crippen LogP contribution in [0.5, 0.6) is 5.75 Å². The van der Waals surface area contributed by atoms with Crippen LogP contribution in [0, 0.1) is 0 Å². The van der Waals surface area contributed by atoms with E-state index in [9.17, 15) is 0 Å². The van der Waals surface area contributed by atoms with Gasteiger partial charge in [-0.3, -0.25) is 0 Å². The zero-order chi connectivity index (χ0) is 10.8. The van der Waals surface area contributed by atoms with E-state index < -0.39 is 0 Å². The predicted octanol–water partition coefficient (Wildman–Crippen LogP) is 2.92. The molecule has 2 nitrogen and oxygen atoms in total. The summed E-state index contributed by atoms with van der Waals surface area (Å²) in [6, 6.07) is 7.33. The Morgan fingerprint density at radius 2 is 2.00 bits per heavy atom. The Hall–Kier alpha value is -1.02. The van der Waals surface area contributed by atoms with Gasteiger partial charge in [-0.25, -0.2) is 0 Å². The third-order valence-electron chi connectivity index (χ3n) is 1.67. The second kappa shape index (κ2) is 8.57. The van der Waals surface area contributed by atoms with E-state index in [4.69, 9.17) is 5.11 Å². The molecule has 1 aromatic rings. The number of phenolic OH excluding ortho intramolecular Hbond substituents is 1. The Balaban J connectivity index is 0.000000791. The van der Waals surface area contributed by atoms with Gasteiger partial charge in [0.25, 0.3) is 0 Å². The molecule has 0 heterocycles. The van der Waals surface area contributed by atoms with Crippen LogP contribution in [0.1, 0.15) is 32.8 Å². The maximum atomic E-state index is 9.14. The van der Waals surface area contributed by atoms with Gasteiger partial charge >= 0.3 is 0 Å². The molecule has 0 radical (unpaired) electrons. The SMILES string of the molecule is CC.CCCNCc1cccc(O)c1. The first-order chi connectivity index (χ1) is 6.83. The summed E-state index contributed by atoms with van der Waals surface area (Å²) in [5, 5.41) is 12.4. The predicted molar refractivity (Wildman–Crippen MR) is 61.5 cm³/mol. The normalized spacial score (nSPS) is 9.07. The summed E-state index contributed by atoms with van der Waals surface area (Å²) in [6.07, 6.45) is 1.14. The summed E-state index contributed by atoms with van der Waals surface area (Å²) in [6.45, 7) is 7.99. The molecule has 0 bridgehead atoms. The van der Waals surface area contributed by atoms with E-state index in [1.165, 1.54) is 0 Å². The van der Waals surface area contributed by atoms with E-state index in [0.29, 0.717) is 5.75 Å². The monoisotopic (exact) mass is 195 g/mol. The third kappa shape index (κ3) is 5.60. The molecule has 0 aromatic heterocycles. The smallest absolute Gasteiger partial charge is 0.115 e. The fraction of sp³-hybridized carbons (Fsp3) is 0.500. The van der Waals surface area contributed by atoms with Crippen molar-refractivity contribution < 1.29 is 5.11 Å². The number of nitrogens with one attached hydrogen (secondary N) is 1. The van der Waals surface area contributed by atoms with Crippen LogP contribution in [0.2, 0.25) is 0 Å². The Morgan fingerprint density at radius 1 is 1.29 bits per heavy atom. The molecule has 0 fully saturated rings. The van der Waals surface area contributed by atoms with Crippen molar-refractivity contribution in [3.05, 3.63) is 29.8 Å². The first kappa shape index (κ1) is 13.0. The number of hydrogen-bond donors (Lipinski definition) is 2. The van der Waals surface area contributed by atoms with Crippen LogP contribution in [0.4, 0.5) is 0 Å². The second-order valence-electron chi connectivity index (χ2n) is 2.85. The molecule has 0 unspecified atom stereocenters. The molecule has 0 aliphatic heterocycles. The van der Waals surface area contributed by atoms with Crippen molar-refractivity contribution in [2.75, 3.05) is 6.54 Å². The Kier molecular flexibility index (Phi) is 7.95. The molecule has 0 amide bonds. The Bertz CT molecular complexity index is 236. The molecule has 80 valence electrons. The van der Waals surface area contributed by atoms with Gasteiger partial charge < -0.3 is 10.4 Å².